The average Bonchev–Trinajstić information content (AvgIpc) is 3.39. The lowest BCUT2D eigenvalue weighted by Crippen LogP contribution is -2.56. The van der Waals surface area contributed by atoms with E-state index in [-0.39, 0.29) is 18.7 Å². The molecule has 0 radical (unpaired) electrons. The molecule has 38 heavy (non-hydrogen) atoms. The van der Waals surface area contributed by atoms with E-state index in [0.29, 0.717) is 23.0 Å². The summed E-state index contributed by atoms with van der Waals surface area (Å²) in [6.07, 6.45) is 1.92. The first kappa shape index (κ1) is 27.5. The number of benzene rings is 3. The predicted octanol–water partition coefficient (Wildman–Crippen LogP) is 3.90. The Kier molecular flexibility index (Phi) is 9.26. The Hall–Kier alpha value is -3.55. The fourth-order valence-corrected chi connectivity index (χ4v) is 5.23. The molecule has 9 heteroatoms. The Morgan fingerprint density at radius 3 is 2.05 bits per heavy atom. The third-order valence-electron chi connectivity index (χ3n) is 6.63. The summed E-state index contributed by atoms with van der Waals surface area (Å²) in [5, 5.41) is 6.67. The summed E-state index contributed by atoms with van der Waals surface area (Å²) in [4.78, 5) is 41.1. The average molecular weight is 553 g/mol. The molecule has 1 aliphatic rings. The molecule has 4 rings (SSSR count). The van der Waals surface area contributed by atoms with Gasteiger partial charge in [0.15, 0.2) is 0 Å². The molecule has 3 amide bonds. The number of nitrogens with one attached hydrogen (secondary N) is 2. The van der Waals surface area contributed by atoms with Crippen LogP contribution < -0.4 is 21.3 Å². The van der Waals surface area contributed by atoms with Crippen LogP contribution in [0.15, 0.2) is 78.9 Å². The van der Waals surface area contributed by atoms with Crippen LogP contribution in [0.5, 0.6) is 0 Å². The summed E-state index contributed by atoms with van der Waals surface area (Å²) >= 11 is 12.5. The zero-order valence-electron chi connectivity index (χ0n) is 20.8. The molecule has 0 unspecified atom stereocenters. The first-order chi connectivity index (χ1) is 18.3. The standard InChI is InChI=1S/C29H30Cl2N4O3/c30-21-13-14-25(22(31)18-21)35-15-7-12-26(35)29(38)34-24(17-20-10-5-2-6-11-20)28(37)33-23(27(32)36)16-19-8-3-1-4-9-19/h1-6,8-11,13-14,18,23-24,26H,7,12,15-17H2,(H2,32,36)(H,33,37)(H,34,38)/t23-,24-,26-/m0/s1. The van der Waals surface area contributed by atoms with Crippen molar-refractivity contribution in [1.29, 1.82) is 0 Å². The molecule has 198 valence electrons. The maximum absolute atomic E-state index is 13.5. The van der Waals surface area contributed by atoms with Crippen molar-refractivity contribution in [1.82, 2.24) is 10.6 Å². The number of nitrogens with two attached hydrogens (primary N) is 1. The second kappa shape index (κ2) is 12.8. The molecule has 0 aliphatic carbocycles. The molecule has 3 aromatic carbocycles. The van der Waals surface area contributed by atoms with E-state index in [1.54, 1.807) is 18.2 Å². The summed E-state index contributed by atoms with van der Waals surface area (Å²) in [6.45, 7) is 0.649. The normalized spacial score (nSPS) is 16.5. The zero-order valence-corrected chi connectivity index (χ0v) is 22.3. The second-order valence-corrected chi connectivity index (χ2v) is 10.2. The van der Waals surface area contributed by atoms with Gasteiger partial charge in [0.25, 0.3) is 0 Å². The van der Waals surface area contributed by atoms with Crippen LogP contribution in [0.4, 0.5) is 5.69 Å². The van der Waals surface area contributed by atoms with E-state index < -0.39 is 29.9 Å². The molecule has 0 aromatic heterocycles. The Balaban J connectivity index is 1.52. The Bertz CT molecular complexity index is 1270. The van der Waals surface area contributed by atoms with Crippen molar-refractivity contribution >= 4 is 46.6 Å². The zero-order chi connectivity index (χ0) is 27.1. The van der Waals surface area contributed by atoms with E-state index in [2.05, 4.69) is 10.6 Å². The van der Waals surface area contributed by atoms with Gasteiger partial charge < -0.3 is 21.3 Å². The van der Waals surface area contributed by atoms with E-state index >= 15 is 0 Å². The van der Waals surface area contributed by atoms with Crippen LogP contribution in [0, 0.1) is 0 Å². The van der Waals surface area contributed by atoms with Crippen molar-refractivity contribution in [2.24, 2.45) is 5.73 Å². The first-order valence-corrected chi connectivity index (χ1v) is 13.3. The van der Waals surface area contributed by atoms with E-state index in [0.717, 1.165) is 23.2 Å². The van der Waals surface area contributed by atoms with Crippen molar-refractivity contribution < 1.29 is 14.4 Å². The summed E-state index contributed by atoms with van der Waals surface area (Å²) in [5.41, 5.74) is 8.07. The highest BCUT2D eigenvalue weighted by Gasteiger charge is 2.35. The van der Waals surface area contributed by atoms with Gasteiger partial charge in [-0.3, -0.25) is 14.4 Å². The van der Waals surface area contributed by atoms with Crippen molar-refractivity contribution in [3.05, 3.63) is 100 Å². The number of carbonyl (C=O) groups is 3. The minimum atomic E-state index is -0.920. The van der Waals surface area contributed by atoms with Gasteiger partial charge in [-0.25, -0.2) is 0 Å². The second-order valence-electron chi connectivity index (χ2n) is 9.35. The Morgan fingerprint density at radius 1 is 0.868 bits per heavy atom. The van der Waals surface area contributed by atoms with Crippen LogP contribution >= 0.6 is 23.2 Å². The van der Waals surface area contributed by atoms with E-state index in [4.69, 9.17) is 28.9 Å². The SMILES string of the molecule is NC(=O)[C@H](Cc1ccccc1)NC(=O)[C@H](Cc1ccccc1)NC(=O)[C@@H]1CCCN1c1ccc(Cl)cc1Cl. The van der Waals surface area contributed by atoms with Gasteiger partial charge in [-0.15, -0.1) is 0 Å². The smallest absolute Gasteiger partial charge is 0.243 e. The van der Waals surface area contributed by atoms with Gasteiger partial charge in [-0.05, 0) is 42.2 Å². The van der Waals surface area contributed by atoms with Crippen LogP contribution in [0.1, 0.15) is 24.0 Å². The maximum Gasteiger partial charge on any atom is 0.243 e. The molecule has 0 bridgehead atoms. The van der Waals surface area contributed by atoms with Gasteiger partial charge in [0, 0.05) is 24.4 Å². The molecular formula is C29H30Cl2N4O3. The number of nitrogens with zero attached hydrogens (tertiary/aromatic N) is 1. The quantitative estimate of drug-likeness (QED) is 0.354. The molecule has 1 heterocycles. The van der Waals surface area contributed by atoms with Gasteiger partial charge >= 0.3 is 0 Å². The van der Waals surface area contributed by atoms with Crippen LogP contribution in [-0.2, 0) is 27.2 Å². The molecule has 7 nitrogen and oxygen atoms in total. The third-order valence-corrected chi connectivity index (χ3v) is 7.17. The highest BCUT2D eigenvalue weighted by molar-refractivity contribution is 6.36. The van der Waals surface area contributed by atoms with E-state index in [1.165, 1.54) is 0 Å². The van der Waals surface area contributed by atoms with Crippen molar-refractivity contribution in [3.8, 4) is 0 Å². The summed E-state index contributed by atoms with van der Waals surface area (Å²) in [7, 11) is 0. The minimum Gasteiger partial charge on any atom is -0.368 e. The Labute approximate surface area is 232 Å². The van der Waals surface area contributed by atoms with Crippen molar-refractivity contribution in [3.63, 3.8) is 0 Å². The molecule has 0 spiro atoms. The number of hydrogen-bond donors (Lipinski definition) is 3. The molecule has 4 N–H and O–H groups in total. The fourth-order valence-electron chi connectivity index (χ4n) is 4.71. The van der Waals surface area contributed by atoms with Crippen LogP contribution in [0.25, 0.3) is 0 Å². The molecule has 0 saturated carbocycles. The molecule has 3 aromatic rings. The summed E-state index contributed by atoms with van der Waals surface area (Å²) in [5.74, 6) is -1.41. The number of anilines is 1. The molecule has 3 atom stereocenters. The number of primary amides is 1. The Morgan fingerprint density at radius 2 is 1.47 bits per heavy atom. The lowest BCUT2D eigenvalue weighted by Gasteiger charge is -2.29. The lowest BCUT2D eigenvalue weighted by atomic mass is 10.0. The number of rotatable bonds is 10. The molecule has 1 fully saturated rings. The number of carbonyl (C=O) groups excluding carboxylic acids is 3. The minimum absolute atomic E-state index is 0.249. The monoisotopic (exact) mass is 552 g/mol. The van der Waals surface area contributed by atoms with Crippen LogP contribution in [-0.4, -0.2) is 42.4 Å². The number of hydrogen-bond acceptors (Lipinski definition) is 4. The van der Waals surface area contributed by atoms with Crippen molar-refractivity contribution in [2.45, 2.75) is 43.8 Å². The van der Waals surface area contributed by atoms with E-state index in [1.807, 2.05) is 65.6 Å². The largest absolute Gasteiger partial charge is 0.368 e. The fraction of sp³-hybridized carbons (Fsp3) is 0.276. The highest BCUT2D eigenvalue weighted by atomic mass is 35.5. The van der Waals surface area contributed by atoms with E-state index in [9.17, 15) is 14.4 Å². The summed E-state index contributed by atoms with van der Waals surface area (Å²) < 4.78 is 0. The summed E-state index contributed by atoms with van der Waals surface area (Å²) in [6, 6.07) is 21.5. The molecule has 1 aliphatic heterocycles. The van der Waals surface area contributed by atoms with Gasteiger partial charge in [0.05, 0.1) is 10.7 Å². The van der Waals surface area contributed by atoms with Gasteiger partial charge in [0.1, 0.15) is 18.1 Å². The van der Waals surface area contributed by atoms with Gasteiger partial charge in [0.2, 0.25) is 17.7 Å². The van der Waals surface area contributed by atoms with Crippen LogP contribution in [0.2, 0.25) is 10.0 Å². The lowest BCUT2D eigenvalue weighted by molar-refractivity contribution is -0.131. The third kappa shape index (κ3) is 7.05. The van der Waals surface area contributed by atoms with Crippen molar-refractivity contribution in [2.75, 3.05) is 11.4 Å². The maximum atomic E-state index is 13.5. The molecule has 1 saturated heterocycles. The topological polar surface area (TPSA) is 105 Å². The number of amides is 3. The van der Waals surface area contributed by atoms with Gasteiger partial charge in [-0.1, -0.05) is 83.9 Å². The van der Waals surface area contributed by atoms with Gasteiger partial charge in [-0.2, -0.15) is 0 Å². The highest BCUT2D eigenvalue weighted by Crippen LogP contribution is 2.33. The van der Waals surface area contributed by atoms with Crippen LogP contribution in [0.3, 0.4) is 0 Å². The molecular weight excluding hydrogens is 523 g/mol. The number of halogens is 2. The first-order valence-electron chi connectivity index (χ1n) is 12.5. The predicted molar refractivity (Wildman–Crippen MR) is 150 cm³/mol.